The number of ether oxygens (including phenoxy) is 1. The van der Waals surface area contributed by atoms with Gasteiger partial charge < -0.3 is 15.4 Å². The average molecular weight is 285 g/mol. The lowest BCUT2D eigenvalue weighted by molar-refractivity contribution is 0.252. The van der Waals surface area contributed by atoms with Gasteiger partial charge in [0.05, 0.1) is 6.61 Å². The van der Waals surface area contributed by atoms with E-state index in [9.17, 15) is 4.79 Å². The molecule has 2 aromatic rings. The third-order valence-corrected chi connectivity index (χ3v) is 2.82. The Morgan fingerprint density at radius 3 is 2.67 bits per heavy atom. The summed E-state index contributed by atoms with van der Waals surface area (Å²) >= 11 is 0. The number of carbonyl (C=O) groups excluding carboxylic acids is 1. The first kappa shape index (κ1) is 14.8. The van der Waals surface area contributed by atoms with E-state index in [4.69, 9.17) is 4.74 Å². The first-order valence-electron chi connectivity index (χ1n) is 6.95. The lowest BCUT2D eigenvalue weighted by Gasteiger charge is -2.08. The van der Waals surface area contributed by atoms with Gasteiger partial charge in [-0.2, -0.15) is 0 Å². The predicted molar refractivity (Wildman–Crippen MR) is 82.6 cm³/mol. The van der Waals surface area contributed by atoms with Crippen LogP contribution in [0.15, 0.2) is 48.7 Å². The molecule has 0 aliphatic carbocycles. The highest BCUT2D eigenvalue weighted by Crippen LogP contribution is 2.15. The van der Waals surface area contributed by atoms with Crippen LogP contribution in [0.4, 0.5) is 10.5 Å². The molecule has 21 heavy (non-hydrogen) atoms. The molecular weight excluding hydrogens is 266 g/mol. The molecule has 2 N–H and O–H groups in total. The van der Waals surface area contributed by atoms with Gasteiger partial charge in [0, 0.05) is 30.5 Å². The minimum absolute atomic E-state index is 0.227. The Labute approximate surface area is 124 Å². The first-order chi connectivity index (χ1) is 10.3. The number of hydrogen-bond acceptors (Lipinski definition) is 3. The van der Waals surface area contributed by atoms with E-state index in [1.165, 1.54) is 0 Å². The highest BCUT2D eigenvalue weighted by molar-refractivity contribution is 5.89. The minimum Gasteiger partial charge on any atom is -0.494 e. The van der Waals surface area contributed by atoms with Crippen molar-refractivity contribution in [1.29, 1.82) is 0 Å². The van der Waals surface area contributed by atoms with Crippen molar-refractivity contribution in [3.63, 3.8) is 0 Å². The molecule has 0 radical (unpaired) electrons. The second-order valence-electron chi connectivity index (χ2n) is 4.41. The quantitative estimate of drug-likeness (QED) is 0.858. The van der Waals surface area contributed by atoms with Crippen LogP contribution in [0.2, 0.25) is 0 Å². The summed E-state index contributed by atoms with van der Waals surface area (Å²) in [4.78, 5) is 15.9. The number of anilines is 1. The topological polar surface area (TPSA) is 63.2 Å². The van der Waals surface area contributed by atoms with Crippen molar-refractivity contribution in [2.24, 2.45) is 0 Å². The molecule has 110 valence electrons. The van der Waals surface area contributed by atoms with E-state index in [0.717, 1.165) is 17.1 Å². The van der Waals surface area contributed by atoms with Crippen LogP contribution in [0.25, 0.3) is 0 Å². The van der Waals surface area contributed by atoms with Crippen molar-refractivity contribution < 1.29 is 9.53 Å². The van der Waals surface area contributed by atoms with Crippen LogP contribution in [0, 0.1) is 0 Å². The Morgan fingerprint density at radius 1 is 1.19 bits per heavy atom. The zero-order chi connectivity index (χ0) is 14.9. The third kappa shape index (κ3) is 5.14. The summed E-state index contributed by atoms with van der Waals surface area (Å²) in [5.41, 5.74) is 1.69. The summed E-state index contributed by atoms with van der Waals surface area (Å²) in [6.45, 7) is 3.10. The SMILES string of the molecule is CCOc1ccc(NC(=O)NCCc2ccccn2)cc1. The number of pyridine rings is 1. The van der Waals surface area contributed by atoms with Gasteiger partial charge in [-0.05, 0) is 43.3 Å². The van der Waals surface area contributed by atoms with E-state index in [2.05, 4.69) is 15.6 Å². The first-order valence-corrected chi connectivity index (χ1v) is 6.95. The molecule has 5 nitrogen and oxygen atoms in total. The smallest absolute Gasteiger partial charge is 0.319 e. The summed E-state index contributed by atoms with van der Waals surface area (Å²) in [7, 11) is 0. The number of nitrogens with zero attached hydrogens (tertiary/aromatic N) is 1. The summed E-state index contributed by atoms with van der Waals surface area (Å²) in [5.74, 6) is 0.790. The van der Waals surface area contributed by atoms with Crippen LogP contribution in [-0.2, 0) is 6.42 Å². The molecule has 1 aromatic heterocycles. The molecule has 2 rings (SSSR count). The minimum atomic E-state index is -0.227. The summed E-state index contributed by atoms with van der Waals surface area (Å²) < 4.78 is 5.34. The molecule has 0 aliphatic heterocycles. The van der Waals surface area contributed by atoms with Crippen LogP contribution in [0.1, 0.15) is 12.6 Å². The Kier molecular flexibility index (Phi) is 5.58. The maximum absolute atomic E-state index is 11.7. The van der Waals surface area contributed by atoms with Crippen LogP contribution < -0.4 is 15.4 Å². The maximum Gasteiger partial charge on any atom is 0.319 e. The van der Waals surface area contributed by atoms with E-state index >= 15 is 0 Å². The van der Waals surface area contributed by atoms with Crippen molar-refractivity contribution >= 4 is 11.7 Å². The second kappa shape index (κ2) is 7.89. The normalized spacial score (nSPS) is 9.95. The highest BCUT2D eigenvalue weighted by atomic mass is 16.5. The number of carbonyl (C=O) groups is 1. The molecule has 0 saturated carbocycles. The standard InChI is InChI=1S/C16H19N3O2/c1-2-21-15-8-6-14(7-9-15)19-16(20)18-12-10-13-5-3-4-11-17-13/h3-9,11H,2,10,12H2,1H3,(H2,18,19,20). The summed E-state index contributed by atoms with van der Waals surface area (Å²) in [5, 5.41) is 5.57. The van der Waals surface area contributed by atoms with Gasteiger partial charge in [-0.1, -0.05) is 6.07 Å². The average Bonchev–Trinajstić information content (AvgIpc) is 2.51. The number of urea groups is 1. The maximum atomic E-state index is 11.7. The number of rotatable bonds is 6. The zero-order valence-corrected chi connectivity index (χ0v) is 12.0. The van der Waals surface area contributed by atoms with Crippen molar-refractivity contribution in [2.75, 3.05) is 18.5 Å². The van der Waals surface area contributed by atoms with Crippen molar-refractivity contribution in [3.05, 3.63) is 54.4 Å². The monoisotopic (exact) mass is 285 g/mol. The van der Waals surface area contributed by atoms with Crippen LogP contribution in [-0.4, -0.2) is 24.2 Å². The Balaban J connectivity index is 1.74. The van der Waals surface area contributed by atoms with Gasteiger partial charge >= 0.3 is 6.03 Å². The molecule has 0 spiro atoms. The molecule has 0 saturated heterocycles. The molecule has 0 aliphatic rings. The Hall–Kier alpha value is -2.56. The number of amides is 2. The van der Waals surface area contributed by atoms with Gasteiger partial charge in [-0.25, -0.2) is 4.79 Å². The van der Waals surface area contributed by atoms with Crippen molar-refractivity contribution in [3.8, 4) is 5.75 Å². The van der Waals surface area contributed by atoms with Crippen molar-refractivity contribution in [2.45, 2.75) is 13.3 Å². The number of hydrogen-bond donors (Lipinski definition) is 2. The van der Waals surface area contributed by atoms with E-state index in [0.29, 0.717) is 19.6 Å². The molecule has 0 bridgehead atoms. The van der Waals surface area contributed by atoms with E-state index in [1.807, 2.05) is 49.4 Å². The molecule has 2 amide bonds. The van der Waals surface area contributed by atoms with Crippen LogP contribution >= 0.6 is 0 Å². The molecule has 5 heteroatoms. The fraction of sp³-hybridized carbons (Fsp3) is 0.250. The van der Waals surface area contributed by atoms with Crippen LogP contribution in [0.5, 0.6) is 5.75 Å². The van der Waals surface area contributed by atoms with E-state index < -0.39 is 0 Å². The molecule has 0 unspecified atom stereocenters. The van der Waals surface area contributed by atoms with Gasteiger partial charge in [0.2, 0.25) is 0 Å². The number of nitrogens with one attached hydrogen (secondary N) is 2. The van der Waals surface area contributed by atoms with Gasteiger partial charge in [0.15, 0.2) is 0 Å². The van der Waals surface area contributed by atoms with E-state index in [1.54, 1.807) is 6.20 Å². The molecule has 0 atom stereocenters. The summed E-state index contributed by atoms with van der Waals surface area (Å²) in [6, 6.07) is 12.8. The Bertz CT molecular complexity index is 555. The third-order valence-electron chi connectivity index (χ3n) is 2.82. The highest BCUT2D eigenvalue weighted by Gasteiger charge is 2.02. The van der Waals surface area contributed by atoms with Crippen molar-refractivity contribution in [1.82, 2.24) is 10.3 Å². The van der Waals surface area contributed by atoms with Gasteiger partial charge in [-0.3, -0.25) is 4.98 Å². The molecule has 1 aromatic carbocycles. The van der Waals surface area contributed by atoms with E-state index in [-0.39, 0.29) is 6.03 Å². The lowest BCUT2D eigenvalue weighted by atomic mass is 10.3. The lowest BCUT2D eigenvalue weighted by Crippen LogP contribution is -2.30. The molecular formula is C16H19N3O2. The molecule has 1 heterocycles. The van der Waals surface area contributed by atoms with Gasteiger partial charge in [0.1, 0.15) is 5.75 Å². The van der Waals surface area contributed by atoms with Crippen LogP contribution in [0.3, 0.4) is 0 Å². The second-order valence-corrected chi connectivity index (χ2v) is 4.41. The fourth-order valence-corrected chi connectivity index (χ4v) is 1.83. The fourth-order valence-electron chi connectivity index (χ4n) is 1.83. The number of aromatic nitrogens is 1. The predicted octanol–water partition coefficient (Wildman–Crippen LogP) is 2.84. The molecule has 0 fully saturated rings. The summed E-state index contributed by atoms with van der Waals surface area (Å²) in [6.07, 6.45) is 2.45. The van der Waals surface area contributed by atoms with Gasteiger partial charge in [0.25, 0.3) is 0 Å². The van der Waals surface area contributed by atoms with Gasteiger partial charge in [-0.15, -0.1) is 0 Å². The Morgan fingerprint density at radius 2 is 2.00 bits per heavy atom. The number of benzene rings is 1. The zero-order valence-electron chi connectivity index (χ0n) is 12.0. The largest absolute Gasteiger partial charge is 0.494 e.